The molecule has 9 heteroatoms. The lowest BCUT2D eigenvalue weighted by atomic mass is 10.2. The van der Waals surface area contributed by atoms with Crippen molar-refractivity contribution in [1.29, 1.82) is 0 Å². The third-order valence-electron chi connectivity index (χ3n) is 5.20. The normalized spacial score (nSPS) is 11.0. The van der Waals surface area contributed by atoms with Crippen LogP contribution in [0.2, 0.25) is 0 Å². The van der Waals surface area contributed by atoms with Crippen LogP contribution in [0.4, 0.5) is 8.96 Å². The highest BCUT2D eigenvalue weighted by atomic mass is 19.4. The molecule has 0 unspecified atom stereocenters. The van der Waals surface area contributed by atoms with Crippen molar-refractivity contribution < 1.29 is 18.5 Å². The van der Waals surface area contributed by atoms with Gasteiger partial charge in [-0.05, 0) is 44.2 Å². The molecule has 0 aliphatic heterocycles. The standard InChI is InChI=1S/C22H18F2N4O3/c1-13-19-12-25-27(17-8-4-6-15(10-17)21(29)28(23)24)22(30)20(19)14(2)26(13)16-7-5-9-18(11-16)31-3/h4-12H,1-3H3. The first-order chi connectivity index (χ1) is 14.8. The molecule has 0 aliphatic rings. The highest BCUT2D eigenvalue weighted by Crippen LogP contribution is 2.28. The monoisotopic (exact) mass is 424 g/mol. The Morgan fingerprint density at radius 1 is 1.03 bits per heavy atom. The maximum absolute atomic E-state index is 13.3. The lowest BCUT2D eigenvalue weighted by Crippen LogP contribution is -2.22. The number of rotatable bonds is 4. The fourth-order valence-corrected chi connectivity index (χ4v) is 3.75. The Morgan fingerprint density at radius 3 is 2.45 bits per heavy atom. The van der Waals surface area contributed by atoms with Crippen molar-refractivity contribution in [3.63, 3.8) is 0 Å². The zero-order valence-corrected chi connectivity index (χ0v) is 17.0. The van der Waals surface area contributed by atoms with Gasteiger partial charge in [0.25, 0.3) is 5.56 Å². The highest BCUT2D eigenvalue weighted by Gasteiger charge is 2.20. The molecule has 0 fully saturated rings. The third-order valence-corrected chi connectivity index (χ3v) is 5.20. The molecule has 158 valence electrons. The Bertz CT molecular complexity index is 1380. The summed E-state index contributed by atoms with van der Waals surface area (Å²) < 4.78 is 33.6. The van der Waals surface area contributed by atoms with E-state index in [0.717, 1.165) is 16.1 Å². The van der Waals surface area contributed by atoms with E-state index in [2.05, 4.69) is 5.10 Å². The SMILES string of the molecule is COc1cccc(-n2c(C)c3cnn(-c4cccc(C(=O)N(F)F)c4)c(=O)c3c2C)c1. The molecule has 0 aliphatic carbocycles. The van der Waals surface area contributed by atoms with Gasteiger partial charge in [-0.15, -0.1) is 0 Å². The van der Waals surface area contributed by atoms with Crippen molar-refractivity contribution in [2.45, 2.75) is 13.8 Å². The van der Waals surface area contributed by atoms with Crippen LogP contribution in [-0.4, -0.2) is 32.7 Å². The molecule has 4 aromatic rings. The van der Waals surface area contributed by atoms with Gasteiger partial charge in [0.15, 0.2) is 0 Å². The molecule has 0 radical (unpaired) electrons. The van der Waals surface area contributed by atoms with Gasteiger partial charge in [0.2, 0.25) is 0 Å². The van der Waals surface area contributed by atoms with Gasteiger partial charge in [-0.1, -0.05) is 21.1 Å². The van der Waals surface area contributed by atoms with E-state index in [4.69, 9.17) is 4.74 Å². The van der Waals surface area contributed by atoms with E-state index in [-0.39, 0.29) is 11.3 Å². The summed E-state index contributed by atoms with van der Waals surface area (Å²) in [6, 6.07) is 12.9. The summed E-state index contributed by atoms with van der Waals surface area (Å²) in [4.78, 5) is 24.9. The largest absolute Gasteiger partial charge is 0.497 e. The molecule has 1 amide bonds. The van der Waals surface area contributed by atoms with Gasteiger partial charge >= 0.3 is 5.91 Å². The summed E-state index contributed by atoms with van der Waals surface area (Å²) in [5, 5.41) is 3.84. The number of benzene rings is 2. The zero-order valence-electron chi connectivity index (χ0n) is 17.0. The van der Waals surface area contributed by atoms with Crippen molar-refractivity contribution in [1.82, 2.24) is 19.7 Å². The molecule has 31 heavy (non-hydrogen) atoms. The number of amides is 1. The second-order valence-electron chi connectivity index (χ2n) is 6.95. The molecule has 0 spiro atoms. The number of methoxy groups -OCH3 is 1. The second-order valence-corrected chi connectivity index (χ2v) is 6.95. The molecule has 0 atom stereocenters. The van der Waals surface area contributed by atoms with Crippen LogP contribution in [0, 0.1) is 13.8 Å². The number of carbonyl (C=O) groups excluding carboxylic acids is 1. The van der Waals surface area contributed by atoms with E-state index in [1.54, 1.807) is 13.3 Å². The number of aromatic nitrogens is 3. The van der Waals surface area contributed by atoms with Gasteiger partial charge in [-0.25, -0.2) is 0 Å². The number of aryl methyl sites for hydroxylation is 2. The number of hydrogen-bond acceptors (Lipinski definition) is 4. The van der Waals surface area contributed by atoms with Crippen molar-refractivity contribution >= 4 is 16.7 Å². The second kappa shape index (κ2) is 7.67. The first kappa shape index (κ1) is 20.3. The first-order valence-corrected chi connectivity index (χ1v) is 9.34. The first-order valence-electron chi connectivity index (χ1n) is 9.34. The van der Waals surface area contributed by atoms with E-state index in [9.17, 15) is 18.6 Å². The lowest BCUT2D eigenvalue weighted by Gasteiger charge is -2.10. The zero-order chi connectivity index (χ0) is 22.3. The Morgan fingerprint density at radius 2 is 1.74 bits per heavy atom. The molecule has 2 aromatic carbocycles. The van der Waals surface area contributed by atoms with Crippen LogP contribution in [0.25, 0.3) is 22.1 Å². The van der Waals surface area contributed by atoms with E-state index in [1.165, 1.54) is 24.3 Å². The summed E-state index contributed by atoms with van der Waals surface area (Å²) in [5.41, 5.74) is 1.90. The topological polar surface area (TPSA) is 69.4 Å². The van der Waals surface area contributed by atoms with Crippen LogP contribution in [0.3, 0.4) is 0 Å². The Hall–Kier alpha value is -4.01. The minimum atomic E-state index is -1.50. The van der Waals surface area contributed by atoms with E-state index in [0.29, 0.717) is 22.2 Å². The van der Waals surface area contributed by atoms with Crippen LogP contribution >= 0.6 is 0 Å². The van der Waals surface area contributed by atoms with Crippen LogP contribution in [0.15, 0.2) is 59.5 Å². The molecule has 2 heterocycles. The Kier molecular flexibility index (Phi) is 5.02. The molecular formula is C22H18F2N4O3. The van der Waals surface area contributed by atoms with Crippen molar-refractivity contribution in [2.24, 2.45) is 0 Å². The molecule has 0 saturated carbocycles. The summed E-state index contributed by atoms with van der Waals surface area (Å²) in [5.74, 6) is -0.784. The van der Waals surface area contributed by atoms with E-state index < -0.39 is 16.8 Å². The van der Waals surface area contributed by atoms with Crippen molar-refractivity contribution in [3.8, 4) is 17.1 Å². The average Bonchev–Trinajstić information content (AvgIpc) is 3.04. The summed E-state index contributed by atoms with van der Waals surface area (Å²) >= 11 is 0. The Balaban J connectivity index is 1.91. The van der Waals surface area contributed by atoms with Gasteiger partial charge in [0, 0.05) is 39.4 Å². The van der Waals surface area contributed by atoms with Gasteiger partial charge < -0.3 is 9.30 Å². The molecule has 0 saturated heterocycles. The molecule has 7 nitrogen and oxygen atoms in total. The number of carbonyl (C=O) groups is 1. The molecular weight excluding hydrogens is 406 g/mol. The summed E-state index contributed by atoms with van der Waals surface area (Å²) in [7, 11) is 1.58. The minimum Gasteiger partial charge on any atom is -0.497 e. The lowest BCUT2D eigenvalue weighted by molar-refractivity contribution is -0.108. The van der Waals surface area contributed by atoms with Gasteiger partial charge in [-0.2, -0.15) is 9.78 Å². The maximum Gasteiger partial charge on any atom is 0.314 e. The quantitative estimate of drug-likeness (QED) is 0.464. The Labute approximate surface area is 175 Å². The van der Waals surface area contributed by atoms with Crippen LogP contribution in [-0.2, 0) is 0 Å². The third kappa shape index (κ3) is 3.33. The number of fused-ring (bicyclic) bond motifs is 1. The average molecular weight is 424 g/mol. The predicted molar refractivity (Wildman–Crippen MR) is 111 cm³/mol. The van der Waals surface area contributed by atoms with E-state index >= 15 is 0 Å². The van der Waals surface area contributed by atoms with Crippen LogP contribution in [0.5, 0.6) is 5.75 Å². The number of hydrogen-bond donors (Lipinski definition) is 0. The van der Waals surface area contributed by atoms with Crippen molar-refractivity contribution in [2.75, 3.05) is 7.11 Å². The fourth-order valence-electron chi connectivity index (χ4n) is 3.75. The van der Waals surface area contributed by atoms with Crippen LogP contribution in [0.1, 0.15) is 21.7 Å². The number of nitrogens with zero attached hydrogens (tertiary/aromatic N) is 4. The number of ether oxygens (including phenoxy) is 1. The van der Waals surface area contributed by atoms with Crippen molar-refractivity contribution in [3.05, 3.63) is 82.0 Å². The maximum atomic E-state index is 13.3. The number of halogens is 2. The summed E-state index contributed by atoms with van der Waals surface area (Å²) in [6.45, 7) is 3.71. The van der Waals surface area contributed by atoms with Gasteiger partial charge in [-0.3, -0.25) is 9.59 Å². The predicted octanol–water partition coefficient (Wildman–Crippen LogP) is 4.01. The molecule has 0 N–H and O–H groups in total. The molecule has 2 aromatic heterocycles. The van der Waals surface area contributed by atoms with E-state index in [1.807, 2.05) is 42.7 Å². The minimum absolute atomic E-state index is 0.214. The van der Waals surface area contributed by atoms with Gasteiger partial charge in [0.05, 0.1) is 24.4 Å². The molecule has 0 bridgehead atoms. The highest BCUT2D eigenvalue weighted by molar-refractivity contribution is 5.93. The van der Waals surface area contributed by atoms with Crippen LogP contribution < -0.4 is 10.3 Å². The summed E-state index contributed by atoms with van der Waals surface area (Å²) in [6.07, 6.45) is 1.56. The fraction of sp³-hybridized carbons (Fsp3) is 0.136. The molecule has 4 rings (SSSR count). The van der Waals surface area contributed by atoms with Gasteiger partial charge in [0.1, 0.15) is 5.75 Å². The smallest absolute Gasteiger partial charge is 0.314 e.